The molecule has 0 spiro atoms. The van der Waals surface area contributed by atoms with Crippen LogP contribution in [0.4, 0.5) is 0 Å². The molecule has 0 rings (SSSR count). The Morgan fingerprint density at radius 3 is 2.41 bits per heavy atom. The van der Waals surface area contributed by atoms with Crippen molar-refractivity contribution in [3.63, 3.8) is 0 Å². The smallest absolute Gasteiger partial charge is 0.303 e. The van der Waals surface area contributed by atoms with E-state index in [0.29, 0.717) is 12.2 Å². The molecule has 0 aromatic heterocycles. The predicted octanol–water partition coefficient (Wildman–Crippen LogP) is 5.48. The number of carbonyl (C=O) groups is 1. The largest absolute Gasteiger partial charge is 0.481 e. The fourth-order valence-corrected chi connectivity index (χ4v) is 2.01. The molecule has 0 unspecified atom stereocenters. The van der Waals surface area contributed by atoms with E-state index in [4.69, 9.17) is 10.4 Å². The maximum Gasteiger partial charge on any atom is 0.303 e. The van der Waals surface area contributed by atoms with Gasteiger partial charge in [0.1, 0.15) is 5.76 Å². The van der Waals surface area contributed by atoms with Crippen LogP contribution in [0.3, 0.4) is 0 Å². The quantitative estimate of drug-likeness (QED) is 0.147. The van der Waals surface area contributed by atoms with Crippen LogP contribution in [0.25, 0.3) is 0 Å². The van der Waals surface area contributed by atoms with E-state index in [2.05, 4.69) is 24.0 Å². The van der Waals surface area contributed by atoms with Gasteiger partial charge in [-0.25, -0.2) is 5.26 Å². The number of rotatable bonds is 14. The van der Waals surface area contributed by atoms with Gasteiger partial charge in [-0.15, -0.1) is 0 Å². The zero-order chi connectivity index (χ0) is 16.5. The van der Waals surface area contributed by atoms with E-state index >= 15 is 0 Å². The van der Waals surface area contributed by atoms with Crippen molar-refractivity contribution in [3.05, 3.63) is 36.1 Å². The van der Waals surface area contributed by atoms with Gasteiger partial charge in [0.15, 0.2) is 0 Å². The Hall–Kier alpha value is -1.55. The Morgan fingerprint density at radius 2 is 1.73 bits per heavy atom. The Balaban J connectivity index is 3.56. The minimum atomic E-state index is -0.701. The van der Waals surface area contributed by atoms with E-state index < -0.39 is 5.97 Å². The summed E-state index contributed by atoms with van der Waals surface area (Å²) in [5, 5.41) is 17.3. The van der Waals surface area contributed by atoms with Crippen molar-refractivity contribution in [2.75, 3.05) is 0 Å². The lowest BCUT2D eigenvalue weighted by Crippen LogP contribution is -1.93. The van der Waals surface area contributed by atoms with Crippen LogP contribution in [0.1, 0.15) is 71.1 Å². The Labute approximate surface area is 134 Å². The van der Waals surface area contributed by atoms with Crippen molar-refractivity contribution in [1.29, 1.82) is 0 Å². The first kappa shape index (κ1) is 20.5. The topological polar surface area (TPSA) is 66.8 Å². The fraction of sp³-hybridized carbons (Fsp3) is 0.611. The summed E-state index contributed by atoms with van der Waals surface area (Å²) in [7, 11) is 0. The second-order valence-corrected chi connectivity index (χ2v) is 5.25. The normalized spacial score (nSPS) is 12.4. The van der Waals surface area contributed by atoms with Crippen LogP contribution in [-0.4, -0.2) is 16.3 Å². The first-order chi connectivity index (χ1) is 10.7. The summed E-state index contributed by atoms with van der Waals surface area (Å²) in [5.74, 6) is -0.125. The van der Waals surface area contributed by atoms with Gasteiger partial charge in [-0.3, -0.25) is 4.79 Å². The van der Waals surface area contributed by atoms with Crippen LogP contribution < -0.4 is 0 Å². The second-order valence-electron chi connectivity index (χ2n) is 5.25. The highest BCUT2D eigenvalue weighted by atomic mass is 17.1. The van der Waals surface area contributed by atoms with Gasteiger partial charge in [0, 0.05) is 12.8 Å². The molecule has 0 aromatic rings. The van der Waals surface area contributed by atoms with Crippen molar-refractivity contribution in [2.24, 2.45) is 0 Å². The molecule has 0 saturated carbocycles. The molecule has 0 aliphatic carbocycles. The van der Waals surface area contributed by atoms with Gasteiger partial charge >= 0.3 is 5.97 Å². The second kappa shape index (κ2) is 15.8. The maximum absolute atomic E-state index is 10.3. The zero-order valence-electron chi connectivity index (χ0n) is 13.7. The standard InChI is InChI=1S/C18H30O4/c1-2-3-11-14-17(22-21)15-12-9-7-5-4-6-8-10-13-16-18(19)20/h3,7,9,11,15,21H,2,4-6,8,10,12-14,16H2,1H3,(H,19,20). The van der Waals surface area contributed by atoms with Crippen LogP contribution >= 0.6 is 0 Å². The number of aliphatic carboxylic acids is 1. The van der Waals surface area contributed by atoms with E-state index in [1.54, 1.807) is 0 Å². The monoisotopic (exact) mass is 310 g/mol. The number of hydrogen-bond donors (Lipinski definition) is 2. The molecule has 22 heavy (non-hydrogen) atoms. The van der Waals surface area contributed by atoms with Gasteiger partial charge in [-0.1, -0.05) is 50.5 Å². The summed E-state index contributed by atoms with van der Waals surface area (Å²) in [5.41, 5.74) is 0. The molecule has 2 N–H and O–H groups in total. The molecule has 0 amide bonds. The fourth-order valence-electron chi connectivity index (χ4n) is 2.01. The van der Waals surface area contributed by atoms with Crippen molar-refractivity contribution in [2.45, 2.75) is 71.1 Å². The highest BCUT2D eigenvalue weighted by Crippen LogP contribution is 2.09. The van der Waals surface area contributed by atoms with E-state index in [9.17, 15) is 4.79 Å². The molecule has 0 bridgehead atoms. The first-order valence-corrected chi connectivity index (χ1v) is 8.23. The lowest BCUT2D eigenvalue weighted by Gasteiger charge is -1.99. The number of allylic oxidation sites excluding steroid dienone is 5. The summed E-state index contributed by atoms with van der Waals surface area (Å²) < 4.78 is 0. The lowest BCUT2D eigenvalue weighted by atomic mass is 10.1. The third kappa shape index (κ3) is 14.9. The summed E-state index contributed by atoms with van der Waals surface area (Å²) in [6.45, 7) is 2.06. The summed E-state index contributed by atoms with van der Waals surface area (Å²) >= 11 is 0. The number of carboxylic acid groups (broad SMARTS) is 1. The molecule has 0 radical (unpaired) electrons. The Bertz CT molecular complexity index is 356. The maximum atomic E-state index is 10.3. The van der Waals surface area contributed by atoms with Crippen molar-refractivity contribution >= 4 is 5.97 Å². The van der Waals surface area contributed by atoms with E-state index in [1.165, 1.54) is 0 Å². The van der Waals surface area contributed by atoms with Crippen molar-refractivity contribution in [3.8, 4) is 0 Å². The molecule has 0 aliphatic heterocycles. The van der Waals surface area contributed by atoms with Crippen molar-refractivity contribution in [1.82, 2.24) is 0 Å². The van der Waals surface area contributed by atoms with Crippen molar-refractivity contribution < 1.29 is 20.0 Å². The third-order valence-corrected chi connectivity index (χ3v) is 3.25. The average molecular weight is 310 g/mol. The summed E-state index contributed by atoms with van der Waals surface area (Å²) in [4.78, 5) is 14.7. The molecule has 0 saturated heterocycles. The van der Waals surface area contributed by atoms with Gasteiger partial charge in [0.2, 0.25) is 0 Å². The Morgan fingerprint density at radius 1 is 1.00 bits per heavy atom. The first-order valence-electron chi connectivity index (χ1n) is 8.23. The number of carboxylic acids is 1. The van der Waals surface area contributed by atoms with Crippen LogP contribution in [-0.2, 0) is 9.68 Å². The molecule has 0 aromatic carbocycles. The minimum Gasteiger partial charge on any atom is -0.481 e. The predicted molar refractivity (Wildman–Crippen MR) is 89.6 cm³/mol. The molecule has 4 heteroatoms. The molecule has 0 atom stereocenters. The highest BCUT2D eigenvalue weighted by molar-refractivity contribution is 5.66. The summed E-state index contributed by atoms with van der Waals surface area (Å²) in [6.07, 6.45) is 19.0. The van der Waals surface area contributed by atoms with E-state index in [-0.39, 0.29) is 6.42 Å². The van der Waals surface area contributed by atoms with E-state index in [0.717, 1.165) is 51.4 Å². The summed E-state index contributed by atoms with van der Waals surface area (Å²) in [6, 6.07) is 0. The third-order valence-electron chi connectivity index (χ3n) is 3.25. The number of hydrogen-bond acceptors (Lipinski definition) is 3. The number of unbranched alkanes of at least 4 members (excludes halogenated alkanes) is 5. The Kier molecular flexibility index (Phi) is 14.7. The van der Waals surface area contributed by atoms with Crippen LogP contribution in [0, 0.1) is 0 Å². The molecule has 0 aliphatic rings. The molecule has 0 fully saturated rings. The highest BCUT2D eigenvalue weighted by Gasteiger charge is 1.96. The molecule has 4 nitrogen and oxygen atoms in total. The molecule has 0 heterocycles. The SMILES string of the molecule is CCC=CCC(=CCC=CCCCCCCCC(=O)O)OO. The van der Waals surface area contributed by atoms with Crippen LogP contribution in [0.5, 0.6) is 0 Å². The average Bonchev–Trinajstić information content (AvgIpc) is 2.50. The lowest BCUT2D eigenvalue weighted by molar-refractivity contribution is -0.204. The van der Waals surface area contributed by atoms with E-state index in [1.807, 2.05) is 18.2 Å². The van der Waals surface area contributed by atoms with Gasteiger partial charge in [-0.05, 0) is 38.2 Å². The molecular formula is C18H30O4. The zero-order valence-corrected chi connectivity index (χ0v) is 13.7. The van der Waals surface area contributed by atoms with Gasteiger partial charge in [-0.2, -0.15) is 0 Å². The molecular weight excluding hydrogens is 280 g/mol. The van der Waals surface area contributed by atoms with Crippen LogP contribution in [0.15, 0.2) is 36.1 Å². The van der Waals surface area contributed by atoms with Crippen LogP contribution in [0.2, 0.25) is 0 Å². The van der Waals surface area contributed by atoms with Gasteiger partial charge < -0.3 is 9.99 Å². The molecule has 126 valence electrons. The minimum absolute atomic E-state index is 0.287. The van der Waals surface area contributed by atoms with Gasteiger partial charge in [0.05, 0.1) is 0 Å². The van der Waals surface area contributed by atoms with Gasteiger partial charge in [0.25, 0.3) is 0 Å².